The lowest BCUT2D eigenvalue weighted by Crippen LogP contribution is -2.55. The molecule has 12 nitrogen and oxygen atoms in total. The van der Waals surface area contributed by atoms with Gasteiger partial charge in [0.05, 0.1) is 33.8 Å². The summed E-state index contributed by atoms with van der Waals surface area (Å²) in [5.41, 5.74) is -0.645. The second-order valence-corrected chi connectivity index (χ2v) is 13.2. The van der Waals surface area contributed by atoms with Crippen molar-refractivity contribution in [3.63, 3.8) is 0 Å². The SMILES string of the molecule is CC(C)C(NC(=O)c1cc2ccccc2cn1)C1=NOC(Cc2ccccc2)(C(=O)NC(CC(=O)O)C(=O)COC(=O)c2c(Cl)cccc2Cl)C1. The summed E-state index contributed by atoms with van der Waals surface area (Å²) >= 11 is 12.1. The van der Waals surface area contributed by atoms with Gasteiger partial charge in [0.1, 0.15) is 11.7 Å². The maximum atomic E-state index is 14.1. The Balaban J connectivity index is 1.35. The average molecular weight is 734 g/mol. The molecule has 0 fully saturated rings. The molecule has 3 N–H and O–H groups in total. The number of halogens is 2. The molecule has 264 valence electrons. The van der Waals surface area contributed by atoms with Gasteiger partial charge < -0.3 is 25.3 Å². The Bertz CT molecular complexity index is 1980. The van der Waals surface area contributed by atoms with Crippen molar-refractivity contribution in [3.05, 3.63) is 112 Å². The molecule has 3 aromatic carbocycles. The molecule has 14 heteroatoms. The molecule has 51 heavy (non-hydrogen) atoms. The lowest BCUT2D eigenvalue weighted by molar-refractivity contribution is -0.148. The monoisotopic (exact) mass is 732 g/mol. The van der Waals surface area contributed by atoms with Crippen LogP contribution in [-0.2, 0) is 30.4 Å². The van der Waals surface area contributed by atoms with Gasteiger partial charge in [-0.15, -0.1) is 0 Å². The standard InChI is InChI=1S/C37H34Cl2N4O8/c1-21(2)33(42-34(47)28-15-23-11-6-7-12-24(23)19-40-28)29-18-37(51-43-29,17-22-9-4-3-5-10-22)36(49)41-27(16-31(45)46)30(44)20-50-35(48)32-25(38)13-8-14-26(32)39/h3-15,19,21,27,33H,16-18,20H2,1-2H3,(H,41,49)(H,42,47)(H,45,46). The number of benzene rings is 3. The van der Waals surface area contributed by atoms with Crippen LogP contribution in [0.2, 0.25) is 10.0 Å². The largest absolute Gasteiger partial charge is 0.481 e. The van der Waals surface area contributed by atoms with Gasteiger partial charge in [0.25, 0.3) is 11.8 Å². The normalized spacial score (nSPS) is 16.5. The minimum absolute atomic E-state index is 0.00297. The van der Waals surface area contributed by atoms with Crippen LogP contribution in [0.1, 0.15) is 53.1 Å². The number of aromatic nitrogens is 1. The minimum atomic E-state index is -1.73. The summed E-state index contributed by atoms with van der Waals surface area (Å²) in [7, 11) is 0. The van der Waals surface area contributed by atoms with E-state index in [2.05, 4.69) is 20.8 Å². The topological polar surface area (TPSA) is 173 Å². The third kappa shape index (κ3) is 8.89. The average Bonchev–Trinajstić information content (AvgIpc) is 3.53. The number of esters is 1. The number of hydrogen-bond donors (Lipinski definition) is 3. The number of nitrogens with one attached hydrogen (secondary N) is 2. The molecule has 3 atom stereocenters. The Kier molecular flexibility index (Phi) is 11.7. The van der Waals surface area contributed by atoms with E-state index in [1.165, 1.54) is 18.2 Å². The summed E-state index contributed by atoms with van der Waals surface area (Å²) in [4.78, 5) is 75.5. The van der Waals surface area contributed by atoms with Gasteiger partial charge in [0, 0.05) is 24.4 Å². The number of ketones is 1. The maximum Gasteiger partial charge on any atom is 0.341 e. The molecule has 0 aliphatic carbocycles. The van der Waals surface area contributed by atoms with Crippen molar-refractivity contribution in [1.29, 1.82) is 0 Å². The van der Waals surface area contributed by atoms with Crippen LogP contribution >= 0.6 is 23.2 Å². The molecule has 0 radical (unpaired) electrons. The van der Waals surface area contributed by atoms with Gasteiger partial charge in [-0.3, -0.25) is 24.2 Å². The Labute approximate surface area is 303 Å². The van der Waals surface area contributed by atoms with Crippen LogP contribution in [0.3, 0.4) is 0 Å². The summed E-state index contributed by atoms with van der Waals surface area (Å²) in [5, 5.41) is 21.1. The Morgan fingerprint density at radius 1 is 0.922 bits per heavy atom. The van der Waals surface area contributed by atoms with Crippen LogP contribution in [0.25, 0.3) is 10.8 Å². The van der Waals surface area contributed by atoms with Gasteiger partial charge >= 0.3 is 11.9 Å². The summed E-state index contributed by atoms with van der Waals surface area (Å²) < 4.78 is 5.11. The van der Waals surface area contributed by atoms with Crippen molar-refractivity contribution in [2.45, 2.75) is 50.8 Å². The molecule has 5 rings (SSSR count). The first-order chi connectivity index (χ1) is 24.4. The molecule has 2 heterocycles. The van der Waals surface area contributed by atoms with Gasteiger partial charge in [-0.2, -0.15) is 0 Å². The summed E-state index contributed by atoms with van der Waals surface area (Å²) in [6.45, 7) is 2.87. The Hall–Kier alpha value is -5.33. The zero-order valence-electron chi connectivity index (χ0n) is 27.6. The van der Waals surface area contributed by atoms with E-state index in [9.17, 15) is 29.1 Å². The quantitative estimate of drug-likeness (QED) is 0.143. The molecule has 1 aliphatic rings. The minimum Gasteiger partial charge on any atom is -0.481 e. The lowest BCUT2D eigenvalue weighted by atomic mass is 9.84. The predicted molar refractivity (Wildman–Crippen MR) is 190 cm³/mol. The van der Waals surface area contributed by atoms with E-state index in [4.69, 9.17) is 32.8 Å². The summed E-state index contributed by atoms with van der Waals surface area (Å²) in [6.07, 6.45) is 0.691. The van der Waals surface area contributed by atoms with Gasteiger partial charge in [-0.25, -0.2) is 4.79 Å². The van der Waals surface area contributed by atoms with E-state index in [1.54, 1.807) is 42.6 Å². The fourth-order valence-electron chi connectivity index (χ4n) is 5.66. The highest BCUT2D eigenvalue weighted by molar-refractivity contribution is 6.39. The number of carbonyl (C=O) groups is 5. The Morgan fingerprint density at radius 3 is 2.25 bits per heavy atom. The lowest BCUT2D eigenvalue weighted by Gasteiger charge is -2.29. The molecule has 0 saturated carbocycles. The zero-order valence-corrected chi connectivity index (χ0v) is 29.1. The number of nitrogens with zero attached hydrogens (tertiary/aromatic N) is 2. The number of oxime groups is 1. The van der Waals surface area contributed by atoms with Crippen molar-refractivity contribution in [2.24, 2.45) is 11.1 Å². The van der Waals surface area contributed by atoms with E-state index in [-0.39, 0.29) is 40.1 Å². The summed E-state index contributed by atoms with van der Waals surface area (Å²) in [5.74, 6) is -4.76. The first-order valence-electron chi connectivity index (χ1n) is 16.0. The van der Waals surface area contributed by atoms with Crippen LogP contribution in [0, 0.1) is 5.92 Å². The third-order valence-electron chi connectivity index (χ3n) is 8.31. The molecule has 4 aromatic rings. The molecule has 1 aliphatic heterocycles. The number of fused-ring (bicyclic) bond motifs is 1. The molecule has 0 saturated heterocycles. The maximum absolute atomic E-state index is 14.1. The van der Waals surface area contributed by atoms with Crippen LogP contribution in [0.4, 0.5) is 0 Å². The van der Waals surface area contributed by atoms with E-state index in [0.29, 0.717) is 11.3 Å². The number of rotatable bonds is 14. The van der Waals surface area contributed by atoms with Crippen molar-refractivity contribution in [1.82, 2.24) is 15.6 Å². The van der Waals surface area contributed by atoms with Crippen molar-refractivity contribution >= 4 is 69.2 Å². The number of carbonyl (C=O) groups excluding carboxylic acids is 4. The van der Waals surface area contributed by atoms with Gasteiger partial charge in [-0.05, 0) is 35.1 Å². The van der Waals surface area contributed by atoms with E-state index in [1.807, 2.05) is 38.1 Å². The molecule has 2 amide bonds. The number of Topliss-reactive ketones (excluding diaryl/α,β-unsaturated/α-hetero) is 1. The fraction of sp³-hybridized carbons (Fsp3) is 0.270. The van der Waals surface area contributed by atoms with Gasteiger partial charge in [0.15, 0.2) is 12.4 Å². The van der Waals surface area contributed by atoms with Crippen LogP contribution < -0.4 is 10.6 Å². The molecular weight excluding hydrogens is 699 g/mol. The fourth-order valence-corrected chi connectivity index (χ4v) is 6.21. The summed E-state index contributed by atoms with van der Waals surface area (Å²) in [6, 6.07) is 20.2. The first-order valence-corrected chi connectivity index (χ1v) is 16.7. The molecule has 0 spiro atoms. The molecule has 3 unspecified atom stereocenters. The van der Waals surface area contributed by atoms with E-state index in [0.717, 1.165) is 10.8 Å². The third-order valence-corrected chi connectivity index (χ3v) is 8.94. The smallest absolute Gasteiger partial charge is 0.341 e. The van der Waals surface area contributed by atoms with Crippen LogP contribution in [0.5, 0.6) is 0 Å². The molecule has 0 bridgehead atoms. The number of pyridine rings is 1. The second kappa shape index (κ2) is 16.1. The highest BCUT2D eigenvalue weighted by Crippen LogP contribution is 2.32. The van der Waals surface area contributed by atoms with E-state index >= 15 is 0 Å². The van der Waals surface area contributed by atoms with Crippen molar-refractivity contribution in [3.8, 4) is 0 Å². The van der Waals surface area contributed by atoms with Crippen LogP contribution in [0.15, 0.2) is 90.2 Å². The van der Waals surface area contributed by atoms with Gasteiger partial charge in [0.2, 0.25) is 5.60 Å². The van der Waals surface area contributed by atoms with Crippen LogP contribution in [-0.4, -0.2) is 69.6 Å². The van der Waals surface area contributed by atoms with Gasteiger partial charge in [-0.1, -0.05) is 103 Å². The number of carboxylic acids is 1. The zero-order chi connectivity index (χ0) is 36.7. The number of ether oxygens (including phenoxy) is 1. The first kappa shape index (κ1) is 36.9. The second-order valence-electron chi connectivity index (χ2n) is 12.4. The van der Waals surface area contributed by atoms with Crippen molar-refractivity contribution < 1.29 is 38.7 Å². The highest BCUT2D eigenvalue weighted by Gasteiger charge is 2.49. The Morgan fingerprint density at radius 2 is 1.59 bits per heavy atom. The number of amides is 2. The van der Waals surface area contributed by atoms with E-state index < -0.39 is 60.2 Å². The number of aliphatic carboxylic acids is 1. The predicted octanol–water partition coefficient (Wildman–Crippen LogP) is 5.44. The number of hydrogen-bond acceptors (Lipinski definition) is 9. The van der Waals surface area contributed by atoms with Crippen molar-refractivity contribution in [2.75, 3.05) is 6.61 Å². The number of carboxylic acid groups (broad SMARTS) is 1. The molecular formula is C37H34Cl2N4O8. The highest BCUT2D eigenvalue weighted by atomic mass is 35.5. The molecule has 1 aromatic heterocycles.